The number of aromatic nitrogens is 3. The lowest BCUT2D eigenvalue weighted by Crippen LogP contribution is -2.13. The number of fused-ring (bicyclic) bond motifs is 1. The molecule has 5 heteroatoms. The smallest absolute Gasteiger partial charge is 0.232 e. The third-order valence-corrected chi connectivity index (χ3v) is 4.34. The average molecular weight is 274 g/mol. The Morgan fingerprint density at radius 2 is 2.00 bits per heavy atom. The van der Waals surface area contributed by atoms with Crippen molar-refractivity contribution in [1.29, 1.82) is 0 Å². The average Bonchev–Trinajstić information content (AvgIpc) is 3.03. The number of benzene rings is 1. The Kier molecular flexibility index (Phi) is 3.73. The van der Waals surface area contributed by atoms with Gasteiger partial charge in [-0.25, -0.2) is 0 Å². The van der Waals surface area contributed by atoms with Crippen LogP contribution in [0.1, 0.15) is 19.8 Å². The van der Waals surface area contributed by atoms with E-state index >= 15 is 0 Å². The van der Waals surface area contributed by atoms with E-state index in [1.165, 1.54) is 18.5 Å². The molecular formula is C14H18N4S. The van der Waals surface area contributed by atoms with E-state index in [9.17, 15) is 0 Å². The number of unbranched alkanes of at least 4 members (excludes halogenated alkanes) is 1. The normalized spacial score (nSPS) is 13.8. The molecule has 3 rings (SSSR count). The van der Waals surface area contributed by atoms with Crippen LogP contribution in [0.5, 0.6) is 0 Å². The monoisotopic (exact) mass is 274 g/mol. The molecule has 0 unspecified atom stereocenters. The highest BCUT2D eigenvalue weighted by atomic mass is 32.2. The van der Waals surface area contributed by atoms with Crippen molar-refractivity contribution in [3.05, 3.63) is 30.3 Å². The summed E-state index contributed by atoms with van der Waals surface area (Å²) in [5.41, 5.74) is 1.19. The van der Waals surface area contributed by atoms with Crippen molar-refractivity contribution in [2.45, 2.75) is 31.5 Å². The first-order chi connectivity index (χ1) is 9.40. The van der Waals surface area contributed by atoms with Crippen LogP contribution >= 0.6 is 11.8 Å². The quantitative estimate of drug-likeness (QED) is 0.618. The van der Waals surface area contributed by atoms with Crippen LogP contribution in [-0.2, 0) is 6.54 Å². The van der Waals surface area contributed by atoms with Gasteiger partial charge in [0.05, 0.1) is 0 Å². The van der Waals surface area contributed by atoms with Gasteiger partial charge in [-0.15, -0.1) is 10.2 Å². The molecule has 4 nitrogen and oxygen atoms in total. The van der Waals surface area contributed by atoms with Gasteiger partial charge in [0.1, 0.15) is 0 Å². The van der Waals surface area contributed by atoms with Crippen LogP contribution in [0, 0.1) is 0 Å². The third kappa shape index (κ3) is 2.47. The molecule has 0 saturated heterocycles. The number of thioether (sulfide) groups is 1. The van der Waals surface area contributed by atoms with E-state index in [2.05, 4.69) is 50.9 Å². The van der Waals surface area contributed by atoms with Crippen LogP contribution in [0.4, 0.5) is 11.6 Å². The minimum absolute atomic E-state index is 0.977. The molecule has 1 aromatic carbocycles. The summed E-state index contributed by atoms with van der Waals surface area (Å²) >= 11 is 1.82. The van der Waals surface area contributed by atoms with Gasteiger partial charge in [-0.3, -0.25) is 4.57 Å². The zero-order valence-corrected chi connectivity index (χ0v) is 11.9. The molecule has 0 fully saturated rings. The van der Waals surface area contributed by atoms with Gasteiger partial charge in [-0.1, -0.05) is 43.3 Å². The number of hydrogen-bond acceptors (Lipinski definition) is 4. The molecule has 2 aromatic rings. The highest BCUT2D eigenvalue weighted by Crippen LogP contribution is 2.31. The molecule has 0 aliphatic carbocycles. The molecule has 0 radical (unpaired) electrons. The van der Waals surface area contributed by atoms with Gasteiger partial charge in [0.15, 0.2) is 5.16 Å². The lowest BCUT2D eigenvalue weighted by atomic mass is 10.3. The summed E-state index contributed by atoms with van der Waals surface area (Å²) < 4.78 is 2.23. The van der Waals surface area contributed by atoms with E-state index in [1.807, 2.05) is 17.8 Å². The molecular weight excluding hydrogens is 256 g/mol. The molecule has 2 heterocycles. The molecule has 0 bridgehead atoms. The zero-order chi connectivity index (χ0) is 13.1. The lowest BCUT2D eigenvalue weighted by molar-refractivity contribution is 0.703. The molecule has 0 saturated carbocycles. The van der Waals surface area contributed by atoms with Crippen molar-refractivity contribution in [2.24, 2.45) is 0 Å². The van der Waals surface area contributed by atoms with Gasteiger partial charge in [-0.05, 0) is 18.6 Å². The van der Waals surface area contributed by atoms with Crippen LogP contribution in [0.25, 0.3) is 0 Å². The second-order valence-corrected chi connectivity index (χ2v) is 5.69. The number of nitrogens with zero attached hydrogens (tertiary/aromatic N) is 4. The van der Waals surface area contributed by atoms with E-state index in [-0.39, 0.29) is 0 Å². The van der Waals surface area contributed by atoms with Crippen molar-refractivity contribution in [1.82, 2.24) is 14.8 Å². The first-order valence-electron chi connectivity index (χ1n) is 6.78. The van der Waals surface area contributed by atoms with Crippen LogP contribution in [0.2, 0.25) is 0 Å². The van der Waals surface area contributed by atoms with Gasteiger partial charge >= 0.3 is 0 Å². The van der Waals surface area contributed by atoms with Gasteiger partial charge in [0, 0.05) is 24.5 Å². The van der Waals surface area contributed by atoms with Crippen molar-refractivity contribution in [3.8, 4) is 0 Å². The van der Waals surface area contributed by atoms with Crippen molar-refractivity contribution >= 4 is 23.4 Å². The van der Waals surface area contributed by atoms with Gasteiger partial charge in [0.2, 0.25) is 5.95 Å². The summed E-state index contributed by atoms with van der Waals surface area (Å²) in [5.74, 6) is 2.10. The molecule has 1 aliphatic heterocycles. The van der Waals surface area contributed by atoms with Crippen LogP contribution in [0.15, 0.2) is 35.5 Å². The lowest BCUT2D eigenvalue weighted by Gasteiger charge is -2.14. The highest BCUT2D eigenvalue weighted by molar-refractivity contribution is 7.99. The summed E-state index contributed by atoms with van der Waals surface area (Å²) in [6.45, 7) is 4.17. The van der Waals surface area contributed by atoms with Crippen molar-refractivity contribution in [3.63, 3.8) is 0 Å². The Hall–Kier alpha value is -1.49. The molecule has 0 amide bonds. The third-order valence-electron chi connectivity index (χ3n) is 3.28. The van der Waals surface area contributed by atoms with E-state index in [0.29, 0.717) is 0 Å². The molecule has 0 spiro atoms. The minimum Gasteiger partial charge on any atom is -0.309 e. The summed E-state index contributed by atoms with van der Waals surface area (Å²) in [4.78, 5) is 2.23. The maximum absolute atomic E-state index is 4.35. The number of rotatable bonds is 5. The van der Waals surface area contributed by atoms with Crippen LogP contribution < -0.4 is 4.90 Å². The zero-order valence-electron chi connectivity index (χ0n) is 11.1. The fourth-order valence-electron chi connectivity index (χ4n) is 2.24. The van der Waals surface area contributed by atoms with Crippen molar-refractivity contribution < 1.29 is 0 Å². The summed E-state index contributed by atoms with van der Waals surface area (Å²) in [5, 5.41) is 9.73. The molecule has 1 aliphatic rings. The molecule has 1 aromatic heterocycles. The summed E-state index contributed by atoms with van der Waals surface area (Å²) in [6, 6.07) is 10.4. The second-order valence-electron chi connectivity index (χ2n) is 4.62. The largest absolute Gasteiger partial charge is 0.309 e. The topological polar surface area (TPSA) is 34.0 Å². The number of hydrogen-bond donors (Lipinski definition) is 0. The molecule has 100 valence electrons. The fraction of sp³-hybridized carbons (Fsp3) is 0.429. The van der Waals surface area contributed by atoms with Crippen molar-refractivity contribution in [2.75, 3.05) is 17.2 Å². The molecule has 19 heavy (non-hydrogen) atoms. The van der Waals surface area contributed by atoms with E-state index in [4.69, 9.17) is 0 Å². The molecule has 0 N–H and O–H groups in total. The Labute approximate surface area is 117 Å². The Morgan fingerprint density at radius 3 is 2.79 bits per heavy atom. The predicted molar refractivity (Wildman–Crippen MR) is 79.1 cm³/mol. The number of anilines is 2. The Bertz CT molecular complexity index is 538. The van der Waals surface area contributed by atoms with E-state index in [0.717, 1.165) is 29.9 Å². The maximum atomic E-state index is 4.35. The highest BCUT2D eigenvalue weighted by Gasteiger charge is 2.25. The van der Waals surface area contributed by atoms with Gasteiger partial charge in [-0.2, -0.15) is 0 Å². The Morgan fingerprint density at radius 1 is 1.16 bits per heavy atom. The Balaban J connectivity index is 1.79. The minimum atomic E-state index is 0.977. The van der Waals surface area contributed by atoms with Gasteiger partial charge in [0.25, 0.3) is 0 Å². The standard InChI is InChI=1S/C14H18N4S/c1-2-3-11-19-14-16-15-13-17(9-10-18(13)14)12-7-5-4-6-8-12/h4-8H,2-3,9-11H2,1H3. The number of para-hydroxylation sites is 1. The molecule has 0 atom stereocenters. The first-order valence-corrected chi connectivity index (χ1v) is 7.77. The van der Waals surface area contributed by atoms with Crippen LogP contribution in [-0.4, -0.2) is 27.1 Å². The maximum Gasteiger partial charge on any atom is 0.232 e. The second kappa shape index (κ2) is 5.65. The first kappa shape index (κ1) is 12.5. The SMILES string of the molecule is CCCCSc1nnc2n1CCN2c1ccccc1. The summed E-state index contributed by atoms with van der Waals surface area (Å²) in [7, 11) is 0. The van der Waals surface area contributed by atoms with Crippen LogP contribution in [0.3, 0.4) is 0 Å². The van der Waals surface area contributed by atoms with E-state index in [1.54, 1.807) is 0 Å². The summed E-state index contributed by atoms with van der Waals surface area (Å²) in [6.07, 6.45) is 2.46. The van der Waals surface area contributed by atoms with Gasteiger partial charge < -0.3 is 4.90 Å². The predicted octanol–water partition coefficient (Wildman–Crippen LogP) is 3.32. The fourth-order valence-corrected chi connectivity index (χ4v) is 3.29. The van der Waals surface area contributed by atoms with E-state index < -0.39 is 0 Å².